The molecular formula is C108H82BBr2N3O5. The summed E-state index contributed by atoms with van der Waals surface area (Å²) >= 11 is 6.77. The minimum Gasteiger partial charge on any atom is -0.456 e. The van der Waals surface area contributed by atoms with Crippen LogP contribution in [0, 0.1) is 0 Å². The molecule has 0 amide bonds. The third-order valence-corrected chi connectivity index (χ3v) is 22.8. The van der Waals surface area contributed by atoms with Crippen molar-refractivity contribution in [2.45, 2.75) is 25.7 Å². The quantitative estimate of drug-likeness (QED) is 0.0546. The molecule has 0 unspecified atom stereocenters. The minimum absolute atomic E-state index is 0. The molecule has 5 heterocycles. The van der Waals surface area contributed by atoms with Gasteiger partial charge in [-0.1, -0.05) is 339 Å². The number of hydrogen-bond donors (Lipinski definition) is 2. The molecule has 22 rings (SSSR count). The molecule has 3 aliphatic carbocycles. The van der Waals surface area contributed by atoms with Crippen LogP contribution < -0.4 is 5.46 Å². The van der Waals surface area contributed by atoms with Gasteiger partial charge in [0.1, 0.15) is 39.3 Å². The monoisotopic (exact) mass is 1670 g/mol. The van der Waals surface area contributed by atoms with Crippen molar-refractivity contribution in [3.05, 3.63) is 438 Å². The zero-order valence-corrected chi connectivity index (χ0v) is 68.2. The number of halogens is 2. The summed E-state index contributed by atoms with van der Waals surface area (Å²) in [4.78, 5) is 9.63. The maximum absolute atomic E-state index is 9.24. The summed E-state index contributed by atoms with van der Waals surface area (Å²) in [6.45, 7) is 11.2. The third kappa shape index (κ3) is 15.7. The molecule has 3 aliphatic rings. The van der Waals surface area contributed by atoms with Gasteiger partial charge in [0.15, 0.2) is 0 Å². The highest BCUT2D eigenvalue weighted by Crippen LogP contribution is 2.45. The number of rotatable bonds is 12. The van der Waals surface area contributed by atoms with E-state index < -0.39 is 7.12 Å². The van der Waals surface area contributed by atoms with Gasteiger partial charge in [0, 0.05) is 72.6 Å². The molecule has 11 heteroatoms. The fourth-order valence-electron chi connectivity index (χ4n) is 16.5. The molecule has 0 bridgehead atoms. The van der Waals surface area contributed by atoms with Crippen LogP contribution in [0.15, 0.2) is 434 Å². The Morgan fingerprint density at radius 1 is 0.437 bits per heavy atom. The standard InChI is InChI=1S/C41H26N2O.C25H16O.C17H18BrN.C13H9Br.C12H9BO3.2H2/c1-3-12-27(13-4-1)30-25-36(28-14-5-2-6-15-28)42-40(26-30)43-37-20-9-7-16-32(37)35-24-29(22-23-38(35)43)31-18-11-19-34-33-17-8-10-21-39(33)44-41(31)34;1-2-7-19-16(6-1)14-17-12-13-18(15-23(17)19)20-9-5-10-22-21-8-3-4-11-24(21)26-25(20)22;1-4-9-16(5-2)17(19-14(3)18)13-12-15-10-7-6-8-11-15;14-11-6-5-10-7-9-3-1-2-4-12(9)13(10)8-11;14-13(15)10-6-3-5-9-8-4-1-2-7-11(8)16-12(9)10;;/h1-26H;1-13,15H,14H2;4-5,7,9-13H,1-3,6,8H2;1-6,8H,7H2;1-7,14-15H;2*1H/b;;13-12+,16-9+,19-17?;;;;. The summed E-state index contributed by atoms with van der Waals surface area (Å²) < 4.78 is 22.3. The van der Waals surface area contributed by atoms with E-state index in [-0.39, 0.29) is 2.85 Å². The van der Waals surface area contributed by atoms with E-state index in [2.05, 4.69) is 334 Å². The number of hydrogen-bond acceptors (Lipinski definition) is 7. The van der Waals surface area contributed by atoms with Crippen molar-refractivity contribution < 1.29 is 26.2 Å². The lowest BCUT2D eigenvalue weighted by Crippen LogP contribution is -2.29. The van der Waals surface area contributed by atoms with E-state index in [1.807, 2.05) is 78.9 Å². The Hall–Kier alpha value is -13.8. The number of para-hydroxylation sites is 7. The Labute approximate surface area is 710 Å². The van der Waals surface area contributed by atoms with Crippen molar-refractivity contribution in [1.82, 2.24) is 9.55 Å². The van der Waals surface area contributed by atoms with Gasteiger partial charge < -0.3 is 23.3 Å². The van der Waals surface area contributed by atoms with Crippen LogP contribution >= 0.6 is 31.9 Å². The molecule has 19 aromatic rings. The van der Waals surface area contributed by atoms with Gasteiger partial charge in [-0.3, -0.25) is 4.57 Å². The third-order valence-electron chi connectivity index (χ3n) is 22.1. The molecular weight excluding hydrogens is 1590 g/mol. The van der Waals surface area contributed by atoms with Crippen molar-refractivity contribution in [1.29, 1.82) is 0 Å². The zero-order chi connectivity index (χ0) is 80.9. The predicted octanol–water partition coefficient (Wildman–Crippen LogP) is 29.1. The highest BCUT2D eigenvalue weighted by Gasteiger charge is 2.24. The molecule has 0 fully saturated rings. The Kier molecular flexibility index (Phi) is 22.0. The van der Waals surface area contributed by atoms with Gasteiger partial charge in [-0.05, 0) is 192 Å². The summed E-state index contributed by atoms with van der Waals surface area (Å²) in [5, 5.41) is 27.4. The van der Waals surface area contributed by atoms with E-state index in [0.29, 0.717) is 15.7 Å². The Morgan fingerprint density at radius 2 is 0.933 bits per heavy atom. The number of allylic oxidation sites excluding steroid dienone is 10. The second-order valence-corrected chi connectivity index (χ2v) is 31.3. The lowest BCUT2D eigenvalue weighted by atomic mass is 9.79. The highest BCUT2D eigenvalue weighted by molar-refractivity contribution is 9.11. The first kappa shape index (κ1) is 76.5. The van der Waals surface area contributed by atoms with Crippen LogP contribution in [-0.4, -0.2) is 32.4 Å². The van der Waals surface area contributed by atoms with Crippen LogP contribution in [0.3, 0.4) is 0 Å². The SMILES string of the molecule is Brc1ccc2c(c1)-c1ccccc1C2.C=C/C=C(\C=C)C(/C=C/C1=CCCC=C1)=NC(=C)Br.OB(O)c1cccc2c1oc1ccccc12.[HH].[HH].c1ccc(-c2cc(-c3ccccc3)nc(-n3c4ccccc4c4cc(-c5cccc6c5oc5ccccc56)ccc43)c2)cc1.c1ccc2c(c1)Cc1ccc(-c3cccc4c3oc3ccccc34)cc1-2. The van der Waals surface area contributed by atoms with Crippen molar-refractivity contribution in [3.8, 4) is 72.7 Å². The predicted molar refractivity (Wildman–Crippen MR) is 509 cm³/mol. The van der Waals surface area contributed by atoms with E-state index >= 15 is 0 Å². The molecule has 8 nitrogen and oxygen atoms in total. The maximum Gasteiger partial charge on any atom is 0.492 e. The first-order chi connectivity index (χ1) is 58.5. The van der Waals surface area contributed by atoms with Crippen LogP contribution in [0.5, 0.6) is 0 Å². The maximum atomic E-state index is 9.24. The normalized spacial score (nSPS) is 12.6. The van der Waals surface area contributed by atoms with Gasteiger partial charge in [0.25, 0.3) is 0 Å². The molecule has 0 spiro atoms. The molecule has 0 radical (unpaired) electrons. The van der Waals surface area contributed by atoms with Crippen molar-refractivity contribution in [2.75, 3.05) is 0 Å². The molecule has 0 saturated carbocycles. The molecule has 119 heavy (non-hydrogen) atoms. The van der Waals surface area contributed by atoms with Crippen LogP contribution in [0.25, 0.3) is 160 Å². The van der Waals surface area contributed by atoms with Crippen molar-refractivity contribution in [3.63, 3.8) is 0 Å². The summed E-state index contributed by atoms with van der Waals surface area (Å²) in [5.74, 6) is 0.892. The fraction of sp³-hybridized carbons (Fsp3) is 0.0370. The summed E-state index contributed by atoms with van der Waals surface area (Å²) in [6.07, 6.45) is 20.2. The molecule has 14 aromatic carbocycles. The number of furan rings is 3. The Balaban J connectivity index is 0.000000121. The number of pyridine rings is 1. The van der Waals surface area contributed by atoms with Crippen LogP contribution in [-0.2, 0) is 12.8 Å². The van der Waals surface area contributed by atoms with Crippen LogP contribution in [0.2, 0.25) is 0 Å². The molecule has 0 atom stereocenters. The van der Waals surface area contributed by atoms with Gasteiger partial charge in [-0.15, -0.1) is 0 Å². The average molecular weight is 1670 g/mol. The first-order valence-electron chi connectivity index (χ1n) is 39.7. The number of fused-ring (bicyclic) bond motifs is 18. The van der Waals surface area contributed by atoms with Gasteiger partial charge >= 0.3 is 7.12 Å². The number of aromatic nitrogens is 2. The number of nitrogens with zero attached hydrogens (tertiary/aromatic N) is 3. The average Bonchev–Trinajstić information content (AvgIpc) is 1.59. The second-order valence-electron chi connectivity index (χ2n) is 29.5. The summed E-state index contributed by atoms with van der Waals surface area (Å²) in [7, 11) is -1.51. The lowest BCUT2D eigenvalue weighted by molar-refractivity contribution is 0.425. The smallest absolute Gasteiger partial charge is 0.456 e. The zero-order valence-electron chi connectivity index (χ0n) is 65.0. The van der Waals surface area contributed by atoms with E-state index in [0.717, 1.165) is 147 Å². The number of benzene rings is 14. The first-order valence-corrected chi connectivity index (χ1v) is 41.3. The molecule has 2 N–H and O–H groups in total. The Bertz CT molecular complexity index is 7270. The van der Waals surface area contributed by atoms with Gasteiger partial charge in [-0.25, -0.2) is 9.98 Å². The summed E-state index contributed by atoms with van der Waals surface area (Å²) in [6, 6.07) is 114. The molecule has 576 valence electrons. The fourth-order valence-corrected chi connectivity index (χ4v) is 17.1. The van der Waals surface area contributed by atoms with E-state index in [1.165, 1.54) is 77.2 Å². The lowest BCUT2D eigenvalue weighted by Gasteiger charge is -2.13. The van der Waals surface area contributed by atoms with Crippen LogP contribution in [0.4, 0.5) is 0 Å². The van der Waals surface area contributed by atoms with Gasteiger partial charge in [0.05, 0.1) is 27.0 Å². The largest absolute Gasteiger partial charge is 0.492 e. The van der Waals surface area contributed by atoms with Gasteiger partial charge in [-0.2, -0.15) is 0 Å². The molecule has 5 aromatic heterocycles. The van der Waals surface area contributed by atoms with E-state index in [4.69, 9.17) is 18.2 Å². The van der Waals surface area contributed by atoms with Gasteiger partial charge in [0.2, 0.25) is 0 Å². The van der Waals surface area contributed by atoms with Crippen molar-refractivity contribution >= 4 is 138 Å². The number of aliphatic imine (C=N–C) groups is 1. The molecule has 0 aliphatic heterocycles. The Morgan fingerprint density at radius 3 is 1.53 bits per heavy atom. The minimum atomic E-state index is -1.51. The highest BCUT2D eigenvalue weighted by atomic mass is 79.9. The van der Waals surface area contributed by atoms with Crippen molar-refractivity contribution in [2.24, 2.45) is 4.99 Å². The van der Waals surface area contributed by atoms with Crippen LogP contribution in [0.1, 0.15) is 37.9 Å². The van der Waals surface area contributed by atoms with E-state index in [9.17, 15) is 10.0 Å². The second kappa shape index (κ2) is 34.2. The summed E-state index contributed by atoms with van der Waals surface area (Å²) in [5.41, 5.74) is 30.7. The topological polar surface area (TPSA) is 110 Å². The molecule has 0 saturated heterocycles. The van der Waals surface area contributed by atoms with E-state index in [1.54, 1.807) is 24.3 Å².